The van der Waals surface area contributed by atoms with Crippen LogP contribution < -0.4 is 4.74 Å². The van der Waals surface area contributed by atoms with Gasteiger partial charge in [0.25, 0.3) is 0 Å². The summed E-state index contributed by atoms with van der Waals surface area (Å²) >= 11 is 0. The number of esters is 1. The largest absolute Gasteiger partial charge is 0.467 e. The molecule has 1 atom stereocenters. The third-order valence-electron chi connectivity index (χ3n) is 2.70. The number of carbonyl (C=O) groups is 1. The number of aromatic nitrogens is 2. The molecule has 0 aliphatic carbocycles. The van der Waals surface area contributed by atoms with E-state index in [4.69, 9.17) is 9.47 Å². The second-order valence-electron chi connectivity index (χ2n) is 4.03. The van der Waals surface area contributed by atoms with Crippen LogP contribution in [0.1, 0.15) is 13.0 Å². The lowest BCUT2D eigenvalue weighted by atomic mass is 10.3. The zero-order valence-electron chi connectivity index (χ0n) is 10.4. The fourth-order valence-corrected chi connectivity index (χ4v) is 1.49. The van der Waals surface area contributed by atoms with Gasteiger partial charge in [-0.15, -0.1) is 5.10 Å². The zero-order chi connectivity index (χ0) is 14.0. The Balaban J connectivity index is 2.23. The van der Waals surface area contributed by atoms with Crippen molar-refractivity contribution in [2.24, 2.45) is 0 Å². The molecule has 104 valence electrons. The third-order valence-corrected chi connectivity index (χ3v) is 2.70. The fourth-order valence-electron chi connectivity index (χ4n) is 1.49. The first-order valence-electron chi connectivity index (χ1n) is 5.58. The van der Waals surface area contributed by atoms with Crippen molar-refractivity contribution in [2.75, 3.05) is 20.3 Å². The maximum atomic E-state index is 11.4. The highest BCUT2D eigenvalue weighted by Gasteiger charge is 2.30. The molecular formula is C10H13N3O6. The minimum Gasteiger partial charge on any atom is -0.467 e. The normalized spacial score (nSPS) is 16.5. The average molecular weight is 271 g/mol. The second kappa shape index (κ2) is 5.22. The van der Waals surface area contributed by atoms with Gasteiger partial charge in [0, 0.05) is 0 Å². The van der Waals surface area contributed by atoms with Crippen LogP contribution in [-0.4, -0.2) is 47.1 Å². The van der Waals surface area contributed by atoms with Gasteiger partial charge in [-0.1, -0.05) is 0 Å². The van der Waals surface area contributed by atoms with E-state index in [-0.39, 0.29) is 17.7 Å². The summed E-state index contributed by atoms with van der Waals surface area (Å²) in [6, 6.07) is -0.765. The number of hydrogen-bond acceptors (Lipinski definition) is 7. The van der Waals surface area contributed by atoms with E-state index in [9.17, 15) is 14.9 Å². The number of nitro groups is 1. The molecule has 2 rings (SSSR count). The molecule has 2 heterocycles. The molecule has 1 saturated heterocycles. The van der Waals surface area contributed by atoms with E-state index < -0.39 is 16.9 Å². The molecule has 0 bridgehead atoms. The molecule has 9 nitrogen and oxygen atoms in total. The van der Waals surface area contributed by atoms with Crippen LogP contribution in [0.2, 0.25) is 0 Å². The molecular weight excluding hydrogens is 258 g/mol. The smallest absolute Gasteiger partial charge is 0.350 e. The molecule has 19 heavy (non-hydrogen) atoms. The van der Waals surface area contributed by atoms with Crippen molar-refractivity contribution in [3.8, 4) is 5.88 Å². The van der Waals surface area contributed by atoms with Gasteiger partial charge in [-0.3, -0.25) is 10.1 Å². The van der Waals surface area contributed by atoms with Gasteiger partial charge in [-0.05, 0) is 6.92 Å². The lowest BCUT2D eigenvalue weighted by Crippen LogP contribution is -2.38. The fraction of sp³-hybridized carbons (Fsp3) is 0.600. The van der Waals surface area contributed by atoms with Crippen LogP contribution in [0.4, 0.5) is 5.69 Å². The summed E-state index contributed by atoms with van der Waals surface area (Å²) in [4.78, 5) is 21.7. The maximum Gasteiger partial charge on any atom is 0.350 e. The Bertz CT molecular complexity index is 495. The van der Waals surface area contributed by atoms with Gasteiger partial charge in [0.2, 0.25) is 0 Å². The van der Waals surface area contributed by atoms with Gasteiger partial charge in [0.05, 0.1) is 25.2 Å². The second-order valence-corrected chi connectivity index (χ2v) is 4.03. The molecule has 1 aliphatic heterocycles. The minimum atomic E-state index is -0.765. The molecule has 0 unspecified atom stereocenters. The standard InChI is InChI=1S/C10H13N3O6/c1-6(10(14)17-2)12-3-8(13(15)16)9(11-12)19-7-4-18-5-7/h3,6-7H,4-5H2,1-2H3/t6-/m1/s1. The number of carbonyl (C=O) groups excluding carboxylic acids is 1. The zero-order valence-corrected chi connectivity index (χ0v) is 10.4. The first kappa shape index (κ1) is 13.3. The van der Waals surface area contributed by atoms with Crippen molar-refractivity contribution < 1.29 is 23.9 Å². The van der Waals surface area contributed by atoms with Gasteiger partial charge in [-0.25, -0.2) is 9.48 Å². The Morgan fingerprint density at radius 2 is 2.37 bits per heavy atom. The predicted octanol–water partition coefficient (Wildman–Crippen LogP) is 0.303. The molecule has 0 radical (unpaired) electrons. The number of nitrogens with zero attached hydrogens (tertiary/aromatic N) is 3. The lowest BCUT2D eigenvalue weighted by Gasteiger charge is -2.25. The van der Waals surface area contributed by atoms with Crippen molar-refractivity contribution in [1.29, 1.82) is 0 Å². The molecule has 9 heteroatoms. The summed E-state index contributed by atoms with van der Waals surface area (Å²) in [6.45, 7) is 2.27. The average Bonchev–Trinajstić information content (AvgIpc) is 2.76. The summed E-state index contributed by atoms with van der Waals surface area (Å²) in [7, 11) is 1.24. The van der Waals surface area contributed by atoms with E-state index in [1.165, 1.54) is 14.0 Å². The Labute approximate surface area is 108 Å². The highest BCUT2D eigenvalue weighted by atomic mass is 16.6. The molecule has 0 saturated carbocycles. The van der Waals surface area contributed by atoms with Crippen LogP contribution in [0.25, 0.3) is 0 Å². The predicted molar refractivity (Wildman–Crippen MR) is 60.8 cm³/mol. The van der Waals surface area contributed by atoms with Gasteiger partial charge < -0.3 is 14.2 Å². The molecule has 0 N–H and O–H groups in total. The van der Waals surface area contributed by atoms with E-state index in [1.54, 1.807) is 0 Å². The molecule has 1 aromatic heterocycles. The maximum absolute atomic E-state index is 11.4. The molecule has 0 amide bonds. The lowest BCUT2D eigenvalue weighted by molar-refractivity contribution is -0.386. The van der Waals surface area contributed by atoms with Gasteiger partial charge in [-0.2, -0.15) is 0 Å². The number of ether oxygens (including phenoxy) is 3. The van der Waals surface area contributed by atoms with Crippen molar-refractivity contribution in [3.05, 3.63) is 16.3 Å². The van der Waals surface area contributed by atoms with Crippen LogP contribution in [0.3, 0.4) is 0 Å². The Kier molecular flexibility index (Phi) is 3.65. The van der Waals surface area contributed by atoms with Crippen molar-refractivity contribution in [2.45, 2.75) is 19.1 Å². The molecule has 0 spiro atoms. The quantitative estimate of drug-likeness (QED) is 0.430. The Morgan fingerprint density at radius 3 is 2.84 bits per heavy atom. The number of methoxy groups -OCH3 is 1. The highest BCUT2D eigenvalue weighted by Crippen LogP contribution is 2.28. The summed E-state index contributed by atoms with van der Waals surface area (Å²) in [5, 5.41) is 14.8. The summed E-state index contributed by atoms with van der Waals surface area (Å²) in [5.41, 5.74) is -0.289. The molecule has 0 aromatic carbocycles. The Morgan fingerprint density at radius 1 is 1.68 bits per heavy atom. The Hall–Kier alpha value is -2.16. The van der Waals surface area contributed by atoms with Crippen molar-refractivity contribution in [1.82, 2.24) is 9.78 Å². The third kappa shape index (κ3) is 2.65. The molecule has 1 aliphatic rings. The molecule has 1 aromatic rings. The first-order chi connectivity index (χ1) is 9.02. The number of hydrogen-bond donors (Lipinski definition) is 0. The minimum absolute atomic E-state index is 0.117. The summed E-state index contributed by atoms with van der Waals surface area (Å²) in [6.07, 6.45) is 0.909. The number of rotatable bonds is 5. The topological polar surface area (TPSA) is 106 Å². The van der Waals surface area contributed by atoms with E-state index in [1.807, 2.05) is 0 Å². The van der Waals surface area contributed by atoms with Crippen molar-refractivity contribution in [3.63, 3.8) is 0 Å². The van der Waals surface area contributed by atoms with Crippen LogP contribution in [0.15, 0.2) is 6.20 Å². The molecule has 1 fully saturated rings. The highest BCUT2D eigenvalue weighted by molar-refractivity contribution is 5.73. The first-order valence-corrected chi connectivity index (χ1v) is 5.58. The van der Waals surface area contributed by atoms with Crippen molar-refractivity contribution >= 4 is 11.7 Å². The van der Waals surface area contributed by atoms with Crippen LogP contribution in [0.5, 0.6) is 5.88 Å². The monoisotopic (exact) mass is 271 g/mol. The SMILES string of the molecule is COC(=O)[C@@H](C)n1cc([N+](=O)[O-])c(OC2COC2)n1. The van der Waals surface area contributed by atoms with E-state index >= 15 is 0 Å². The van der Waals surface area contributed by atoms with E-state index in [0.29, 0.717) is 13.2 Å². The van der Waals surface area contributed by atoms with Gasteiger partial charge in [0.1, 0.15) is 18.3 Å². The van der Waals surface area contributed by atoms with Gasteiger partial charge in [0.15, 0.2) is 0 Å². The van der Waals surface area contributed by atoms with Crippen LogP contribution in [-0.2, 0) is 14.3 Å². The summed E-state index contributed by atoms with van der Waals surface area (Å²) < 4.78 is 16.0. The summed E-state index contributed by atoms with van der Waals surface area (Å²) in [5.74, 6) is -0.662. The van der Waals surface area contributed by atoms with E-state index in [2.05, 4.69) is 9.84 Å². The van der Waals surface area contributed by atoms with E-state index in [0.717, 1.165) is 10.9 Å². The van der Waals surface area contributed by atoms with Gasteiger partial charge >= 0.3 is 17.5 Å². The van der Waals surface area contributed by atoms with Crippen LogP contribution >= 0.6 is 0 Å². The van der Waals surface area contributed by atoms with Crippen LogP contribution in [0, 0.1) is 10.1 Å².